The number of hydrogen-bond donors (Lipinski definition) is 4. The maximum atomic E-state index is 6.40. The highest BCUT2D eigenvalue weighted by atomic mass is 32.1. The second-order valence-corrected chi connectivity index (χ2v) is 7.64. The van der Waals surface area contributed by atoms with Gasteiger partial charge in [0.25, 0.3) is 0 Å². The van der Waals surface area contributed by atoms with E-state index in [1.807, 2.05) is 0 Å². The Labute approximate surface area is 175 Å². The minimum atomic E-state index is 0.558. The number of aryl methyl sites for hydroxylation is 4. The highest BCUT2D eigenvalue weighted by Gasteiger charge is 2.16. The Bertz CT molecular complexity index is 816. The lowest BCUT2D eigenvalue weighted by atomic mass is 9.97. The Balaban J connectivity index is 2.39. The average molecular weight is 399 g/mol. The van der Waals surface area contributed by atoms with Crippen LogP contribution in [-0.4, -0.2) is 5.11 Å². The molecule has 0 aliphatic carbocycles. The molecular formula is C23H34N4S. The summed E-state index contributed by atoms with van der Waals surface area (Å²) in [5.74, 6) is 0. The molecule has 0 spiro atoms. The summed E-state index contributed by atoms with van der Waals surface area (Å²) in [6.45, 7) is 12.7. The number of nitrogen functional groups attached to an aromatic ring is 2. The Kier molecular flexibility index (Phi) is 7.30. The van der Waals surface area contributed by atoms with Crippen molar-refractivity contribution < 1.29 is 0 Å². The lowest BCUT2D eigenvalue weighted by Crippen LogP contribution is -2.23. The normalized spacial score (nSPS) is 10.8. The van der Waals surface area contributed by atoms with Crippen molar-refractivity contribution >= 4 is 40.1 Å². The summed E-state index contributed by atoms with van der Waals surface area (Å²) in [6, 6.07) is 4.30. The quantitative estimate of drug-likeness (QED) is 0.380. The summed E-state index contributed by atoms with van der Waals surface area (Å²) in [6.07, 6.45) is 3.54. The smallest absolute Gasteiger partial charge is 0.175 e. The molecule has 0 unspecified atom stereocenters. The van der Waals surface area contributed by atoms with Crippen LogP contribution < -0.4 is 22.1 Å². The molecule has 0 bridgehead atoms. The topological polar surface area (TPSA) is 76.1 Å². The van der Waals surface area contributed by atoms with Crippen molar-refractivity contribution in [3.05, 3.63) is 45.5 Å². The van der Waals surface area contributed by atoms with Gasteiger partial charge < -0.3 is 22.1 Å². The molecule has 0 aromatic heterocycles. The SMILES string of the molecule is CCc1cc(C)c(NC(=S)Nc2c(C)cc(CC)c(N)c2CC)c(CC)c1N. The molecule has 5 heteroatoms. The largest absolute Gasteiger partial charge is 0.398 e. The third kappa shape index (κ3) is 4.25. The number of benzene rings is 2. The number of nitrogens with two attached hydrogens (primary N) is 2. The average Bonchev–Trinajstić information content (AvgIpc) is 2.67. The molecule has 28 heavy (non-hydrogen) atoms. The first kappa shape index (κ1) is 22.0. The first-order valence-corrected chi connectivity index (χ1v) is 10.6. The molecule has 0 fully saturated rings. The van der Waals surface area contributed by atoms with Gasteiger partial charge in [-0.05, 0) is 85.1 Å². The van der Waals surface area contributed by atoms with E-state index in [1.165, 1.54) is 11.1 Å². The van der Waals surface area contributed by atoms with E-state index < -0.39 is 0 Å². The van der Waals surface area contributed by atoms with Crippen molar-refractivity contribution in [3.8, 4) is 0 Å². The molecule has 2 aromatic rings. The van der Waals surface area contributed by atoms with Crippen LogP contribution in [0.25, 0.3) is 0 Å². The van der Waals surface area contributed by atoms with E-state index in [1.54, 1.807) is 0 Å². The van der Waals surface area contributed by atoms with Gasteiger partial charge >= 0.3 is 0 Å². The van der Waals surface area contributed by atoms with Crippen LogP contribution in [0.5, 0.6) is 0 Å². The minimum Gasteiger partial charge on any atom is -0.398 e. The van der Waals surface area contributed by atoms with Crippen LogP contribution in [0.3, 0.4) is 0 Å². The standard InChI is InChI=1S/C23H34N4S/c1-7-15-11-13(5)21(17(9-3)19(15)24)26-23(28)27-22-14(6)12-16(8-2)20(25)18(22)10-4/h11-12H,7-10,24-25H2,1-6H3,(H2,26,27,28). The monoisotopic (exact) mass is 398 g/mol. The molecule has 0 radical (unpaired) electrons. The van der Waals surface area contributed by atoms with Crippen molar-refractivity contribution in [1.82, 2.24) is 0 Å². The summed E-state index contributed by atoms with van der Waals surface area (Å²) < 4.78 is 0. The Morgan fingerprint density at radius 2 is 1.11 bits per heavy atom. The van der Waals surface area contributed by atoms with E-state index >= 15 is 0 Å². The van der Waals surface area contributed by atoms with Crippen LogP contribution in [0.4, 0.5) is 22.7 Å². The molecule has 0 heterocycles. The first-order chi connectivity index (χ1) is 13.3. The molecule has 0 saturated heterocycles. The predicted molar refractivity (Wildman–Crippen MR) is 129 cm³/mol. The fourth-order valence-corrected chi connectivity index (χ4v) is 4.09. The second-order valence-electron chi connectivity index (χ2n) is 7.23. The van der Waals surface area contributed by atoms with Gasteiger partial charge in [-0.2, -0.15) is 0 Å². The van der Waals surface area contributed by atoms with E-state index in [0.717, 1.165) is 70.7 Å². The third-order valence-electron chi connectivity index (χ3n) is 5.46. The van der Waals surface area contributed by atoms with Gasteiger partial charge in [0.15, 0.2) is 5.11 Å². The van der Waals surface area contributed by atoms with Crippen molar-refractivity contribution in [2.45, 2.75) is 67.2 Å². The Morgan fingerprint density at radius 1 is 0.750 bits per heavy atom. The summed E-state index contributed by atoms with van der Waals surface area (Å²) in [5.41, 5.74) is 23.5. The zero-order valence-electron chi connectivity index (χ0n) is 18.0. The molecule has 0 saturated carbocycles. The zero-order valence-corrected chi connectivity index (χ0v) is 18.9. The summed E-state index contributed by atoms with van der Waals surface area (Å²) in [4.78, 5) is 0. The second kappa shape index (κ2) is 9.28. The molecule has 2 rings (SSSR count). The number of rotatable bonds is 6. The molecule has 152 valence electrons. The molecule has 6 N–H and O–H groups in total. The molecular weight excluding hydrogens is 364 g/mol. The lowest BCUT2D eigenvalue weighted by molar-refractivity contribution is 1.08. The van der Waals surface area contributed by atoms with Crippen LogP contribution in [-0.2, 0) is 25.7 Å². The number of anilines is 4. The first-order valence-electron chi connectivity index (χ1n) is 10.2. The van der Waals surface area contributed by atoms with Crippen molar-refractivity contribution in [3.63, 3.8) is 0 Å². The fraction of sp³-hybridized carbons (Fsp3) is 0.435. The van der Waals surface area contributed by atoms with Gasteiger partial charge in [-0.25, -0.2) is 0 Å². The summed E-state index contributed by atoms with van der Waals surface area (Å²) in [5, 5.41) is 7.35. The predicted octanol–water partition coefficient (Wildman–Crippen LogP) is 5.53. The Morgan fingerprint density at radius 3 is 1.39 bits per heavy atom. The summed E-state index contributed by atoms with van der Waals surface area (Å²) in [7, 11) is 0. The van der Waals surface area contributed by atoms with Crippen LogP contribution in [0, 0.1) is 13.8 Å². The Hall–Kier alpha value is -2.27. The molecule has 4 nitrogen and oxygen atoms in total. The van der Waals surface area contributed by atoms with Gasteiger partial charge in [0, 0.05) is 22.7 Å². The third-order valence-corrected chi connectivity index (χ3v) is 5.67. The zero-order chi connectivity index (χ0) is 21.0. The van der Waals surface area contributed by atoms with Crippen LogP contribution in [0.2, 0.25) is 0 Å². The van der Waals surface area contributed by atoms with E-state index in [-0.39, 0.29) is 0 Å². The van der Waals surface area contributed by atoms with Crippen molar-refractivity contribution in [2.75, 3.05) is 22.1 Å². The van der Waals surface area contributed by atoms with E-state index in [2.05, 4.69) is 64.3 Å². The minimum absolute atomic E-state index is 0.558. The van der Waals surface area contributed by atoms with E-state index in [0.29, 0.717) is 5.11 Å². The maximum Gasteiger partial charge on any atom is 0.175 e. The van der Waals surface area contributed by atoms with Crippen LogP contribution in [0.1, 0.15) is 61.1 Å². The molecule has 0 aliphatic rings. The van der Waals surface area contributed by atoms with Crippen molar-refractivity contribution in [1.29, 1.82) is 0 Å². The molecule has 0 amide bonds. The van der Waals surface area contributed by atoms with Gasteiger partial charge in [-0.3, -0.25) is 0 Å². The summed E-state index contributed by atoms with van der Waals surface area (Å²) >= 11 is 5.66. The highest BCUT2D eigenvalue weighted by molar-refractivity contribution is 7.80. The number of thiocarbonyl (C=S) groups is 1. The highest BCUT2D eigenvalue weighted by Crippen LogP contribution is 2.33. The van der Waals surface area contributed by atoms with Crippen LogP contribution in [0.15, 0.2) is 12.1 Å². The van der Waals surface area contributed by atoms with E-state index in [9.17, 15) is 0 Å². The number of hydrogen-bond acceptors (Lipinski definition) is 3. The van der Waals surface area contributed by atoms with Gasteiger partial charge in [-0.15, -0.1) is 0 Å². The molecule has 0 aliphatic heterocycles. The van der Waals surface area contributed by atoms with Crippen molar-refractivity contribution in [2.24, 2.45) is 0 Å². The van der Waals surface area contributed by atoms with Crippen LogP contribution >= 0.6 is 12.2 Å². The number of nitrogens with one attached hydrogen (secondary N) is 2. The van der Waals surface area contributed by atoms with Gasteiger partial charge in [0.2, 0.25) is 0 Å². The maximum absolute atomic E-state index is 6.40. The molecule has 2 aromatic carbocycles. The lowest BCUT2D eigenvalue weighted by Gasteiger charge is -2.22. The molecule has 0 atom stereocenters. The fourth-order valence-electron chi connectivity index (χ4n) is 3.88. The van der Waals surface area contributed by atoms with Gasteiger partial charge in [0.1, 0.15) is 0 Å². The van der Waals surface area contributed by atoms with E-state index in [4.69, 9.17) is 23.7 Å². The van der Waals surface area contributed by atoms with Gasteiger partial charge in [0.05, 0.1) is 0 Å². The van der Waals surface area contributed by atoms with Gasteiger partial charge in [-0.1, -0.05) is 39.8 Å².